The number of hydrogen-bond donors (Lipinski definition) is 2. The molecule has 2 saturated heterocycles. The fourth-order valence-electron chi connectivity index (χ4n) is 5.29. The molecule has 1 spiro atoms. The van der Waals surface area contributed by atoms with Gasteiger partial charge >= 0.3 is 0 Å². The normalized spacial score (nSPS) is 21.4. The maximum atomic E-state index is 13.3. The molecule has 0 radical (unpaired) electrons. The number of benzene rings is 1. The Kier molecular flexibility index (Phi) is 8.27. The van der Waals surface area contributed by atoms with Gasteiger partial charge in [-0.1, -0.05) is 29.4 Å². The lowest BCUT2D eigenvalue weighted by Crippen LogP contribution is -2.51. The molecule has 4 heterocycles. The van der Waals surface area contributed by atoms with E-state index in [0.29, 0.717) is 38.2 Å². The van der Waals surface area contributed by atoms with Crippen molar-refractivity contribution in [1.29, 1.82) is 0 Å². The summed E-state index contributed by atoms with van der Waals surface area (Å²) in [6.45, 7) is 10.5. The molecule has 4 N–H and O–H groups in total. The van der Waals surface area contributed by atoms with E-state index in [9.17, 15) is 4.79 Å². The van der Waals surface area contributed by atoms with Crippen LogP contribution in [0.3, 0.4) is 0 Å². The fraction of sp³-hybridized carbons (Fsp3) is 0.393. The number of anilines is 1. The minimum absolute atomic E-state index is 0.0575. The first-order valence-electron chi connectivity index (χ1n) is 13.1. The highest BCUT2D eigenvalue weighted by molar-refractivity contribution is 8.03. The van der Waals surface area contributed by atoms with Crippen LogP contribution in [0.2, 0.25) is 5.02 Å². The summed E-state index contributed by atoms with van der Waals surface area (Å²) in [6, 6.07) is 7.18. The lowest BCUT2D eigenvalue weighted by Gasteiger charge is -2.41. The second-order valence-corrected chi connectivity index (χ2v) is 11.8. The van der Waals surface area contributed by atoms with E-state index in [1.165, 1.54) is 22.7 Å². The Bertz CT molecular complexity index is 1530. The summed E-state index contributed by atoms with van der Waals surface area (Å²) >= 11 is 8.05. The molecule has 40 heavy (non-hydrogen) atoms. The Morgan fingerprint density at radius 1 is 1.30 bits per heavy atom. The summed E-state index contributed by atoms with van der Waals surface area (Å²) in [5.74, 6) is 1.31. The average Bonchev–Trinajstić information content (AvgIpc) is 3.23. The Labute approximate surface area is 242 Å². The number of ether oxygens (including phenoxy) is 1. The van der Waals surface area contributed by atoms with Crippen molar-refractivity contribution in [3.05, 3.63) is 69.0 Å². The molecular weight excluding hydrogens is 548 g/mol. The van der Waals surface area contributed by atoms with Gasteiger partial charge in [-0.25, -0.2) is 15.0 Å². The van der Waals surface area contributed by atoms with Crippen LogP contribution in [0.25, 0.3) is 10.9 Å². The van der Waals surface area contributed by atoms with Crippen LogP contribution in [0.5, 0.6) is 0 Å². The molecule has 5 rings (SSSR count). The number of halogens is 1. The number of fused-ring (bicyclic) bond motifs is 1. The zero-order chi connectivity index (χ0) is 28.4. The number of aliphatic imine (C=N–C) groups is 2. The molecular formula is C28H33ClN8O2S. The standard InChI is InChI=1S/C28H33ClN8O2S/c1-17-26(31)28(15-39-17)8-10-36(11-9-28)18(2)33-13-23(32-3)40-21-6-5-20-24(25(21)29)27(38)37(16-35-20)14-19-4-7-22(30)34-12-19/h4-7,12-13,16-17,26H,3,8-11,14-15,31H2,1-2H3,(H2,30,34)/b23-13+,33-18+/t17-,26+/m0/s1. The second-order valence-electron chi connectivity index (χ2n) is 10.3. The maximum absolute atomic E-state index is 13.3. The van der Waals surface area contributed by atoms with Gasteiger partial charge in [0.2, 0.25) is 0 Å². The van der Waals surface area contributed by atoms with Crippen molar-refractivity contribution >= 4 is 52.6 Å². The Balaban J connectivity index is 1.32. The van der Waals surface area contributed by atoms with E-state index in [4.69, 9.17) is 27.8 Å². The molecule has 12 heteroatoms. The third kappa shape index (κ3) is 5.64. The van der Waals surface area contributed by atoms with Crippen LogP contribution >= 0.6 is 23.4 Å². The zero-order valence-electron chi connectivity index (χ0n) is 22.6. The molecule has 210 valence electrons. The summed E-state index contributed by atoms with van der Waals surface area (Å²) in [7, 11) is 0. The van der Waals surface area contributed by atoms with Gasteiger partial charge in [-0.15, -0.1) is 0 Å². The van der Waals surface area contributed by atoms with Crippen molar-refractivity contribution in [2.45, 2.75) is 50.3 Å². The number of thioether (sulfide) groups is 1. The summed E-state index contributed by atoms with van der Waals surface area (Å²) in [4.78, 5) is 33.6. The van der Waals surface area contributed by atoms with Crippen molar-refractivity contribution in [2.24, 2.45) is 21.1 Å². The molecule has 0 bridgehead atoms. The topological polar surface area (TPSA) is 137 Å². The van der Waals surface area contributed by atoms with E-state index >= 15 is 0 Å². The lowest BCUT2D eigenvalue weighted by molar-refractivity contribution is 0.0838. The van der Waals surface area contributed by atoms with Crippen LogP contribution in [0.4, 0.5) is 5.82 Å². The molecule has 1 aromatic carbocycles. The largest absolute Gasteiger partial charge is 0.384 e. The molecule has 2 aromatic heterocycles. The quantitative estimate of drug-likeness (QED) is 0.254. The third-order valence-corrected chi connectivity index (χ3v) is 9.40. The van der Waals surface area contributed by atoms with E-state index in [1.54, 1.807) is 24.5 Å². The van der Waals surface area contributed by atoms with Gasteiger partial charge in [0.05, 0.1) is 47.7 Å². The summed E-state index contributed by atoms with van der Waals surface area (Å²) in [5.41, 5.74) is 13.3. The predicted molar refractivity (Wildman–Crippen MR) is 162 cm³/mol. The van der Waals surface area contributed by atoms with Gasteiger partial charge in [-0.2, -0.15) is 0 Å². The van der Waals surface area contributed by atoms with Crippen LogP contribution in [0, 0.1) is 5.41 Å². The summed E-state index contributed by atoms with van der Waals surface area (Å²) < 4.78 is 7.34. The highest BCUT2D eigenvalue weighted by atomic mass is 35.5. The third-order valence-electron chi connectivity index (χ3n) is 7.89. The average molecular weight is 581 g/mol. The molecule has 2 aliphatic heterocycles. The number of amidine groups is 1. The number of aromatic nitrogens is 3. The molecule has 0 amide bonds. The summed E-state index contributed by atoms with van der Waals surface area (Å²) in [6.07, 6.45) is 6.88. The van der Waals surface area contributed by atoms with Gasteiger partial charge in [-0.3, -0.25) is 14.4 Å². The number of likely N-dealkylation sites (tertiary alicyclic amines) is 1. The lowest BCUT2D eigenvalue weighted by atomic mass is 9.73. The van der Waals surface area contributed by atoms with Crippen molar-refractivity contribution in [2.75, 3.05) is 25.4 Å². The monoisotopic (exact) mass is 580 g/mol. The molecule has 0 saturated carbocycles. The number of nitrogens with zero attached hydrogens (tertiary/aromatic N) is 6. The smallest absolute Gasteiger partial charge is 0.263 e. The van der Waals surface area contributed by atoms with E-state index in [0.717, 1.165) is 43.9 Å². The molecule has 0 unspecified atom stereocenters. The molecule has 10 nitrogen and oxygen atoms in total. The Hall–Kier alpha value is -3.25. The Morgan fingerprint density at radius 2 is 2.08 bits per heavy atom. The van der Waals surface area contributed by atoms with Crippen molar-refractivity contribution in [1.82, 2.24) is 19.4 Å². The van der Waals surface area contributed by atoms with Crippen LogP contribution < -0.4 is 17.0 Å². The summed E-state index contributed by atoms with van der Waals surface area (Å²) in [5, 5.41) is 1.21. The van der Waals surface area contributed by atoms with Crippen LogP contribution in [0.15, 0.2) is 67.7 Å². The first-order valence-corrected chi connectivity index (χ1v) is 14.3. The fourth-order valence-corrected chi connectivity index (χ4v) is 6.37. The number of nitrogen functional groups attached to an aromatic ring is 1. The van der Waals surface area contributed by atoms with Crippen LogP contribution in [-0.2, 0) is 11.3 Å². The highest BCUT2D eigenvalue weighted by Gasteiger charge is 2.47. The van der Waals surface area contributed by atoms with E-state index in [1.807, 2.05) is 19.1 Å². The second kappa shape index (κ2) is 11.7. The van der Waals surface area contributed by atoms with Gasteiger partial charge < -0.3 is 21.1 Å². The Morgan fingerprint density at radius 3 is 2.73 bits per heavy atom. The van der Waals surface area contributed by atoms with Crippen LogP contribution in [0.1, 0.15) is 32.3 Å². The van der Waals surface area contributed by atoms with E-state index in [2.05, 4.69) is 38.5 Å². The zero-order valence-corrected chi connectivity index (χ0v) is 24.2. The van der Waals surface area contributed by atoms with E-state index in [-0.39, 0.29) is 23.1 Å². The highest BCUT2D eigenvalue weighted by Crippen LogP contribution is 2.41. The number of piperidine rings is 1. The number of pyridine rings is 1. The molecule has 2 aliphatic rings. The van der Waals surface area contributed by atoms with Gasteiger partial charge in [0.15, 0.2) is 0 Å². The molecule has 2 fully saturated rings. The van der Waals surface area contributed by atoms with E-state index < -0.39 is 0 Å². The van der Waals surface area contributed by atoms with Crippen molar-refractivity contribution in [3.63, 3.8) is 0 Å². The molecule has 3 aromatic rings. The van der Waals surface area contributed by atoms with Crippen LogP contribution in [-0.4, -0.2) is 63.8 Å². The van der Waals surface area contributed by atoms with Gasteiger partial charge in [0.1, 0.15) is 16.7 Å². The first-order chi connectivity index (χ1) is 19.2. The number of hydrogen-bond acceptors (Lipinski definition) is 9. The first kappa shape index (κ1) is 28.3. The maximum Gasteiger partial charge on any atom is 0.263 e. The predicted octanol–water partition coefficient (Wildman–Crippen LogP) is 3.91. The number of rotatable bonds is 6. The number of nitrogens with two attached hydrogens (primary N) is 2. The molecule has 2 atom stereocenters. The SMILES string of the molecule is C=N/C(=C\N=C(/C)N1CCC2(CC1)CO[C@@H](C)[C@H]2N)Sc1ccc2ncn(Cc3ccc(N)nc3)c(=O)c2c1Cl. The minimum atomic E-state index is -0.245. The van der Waals surface area contributed by atoms with Crippen molar-refractivity contribution < 1.29 is 4.74 Å². The van der Waals surface area contributed by atoms with Gasteiger partial charge in [0.25, 0.3) is 5.56 Å². The van der Waals surface area contributed by atoms with Gasteiger partial charge in [0, 0.05) is 35.6 Å². The molecule has 0 aliphatic carbocycles. The minimum Gasteiger partial charge on any atom is -0.384 e. The van der Waals surface area contributed by atoms with Gasteiger partial charge in [-0.05, 0) is 57.2 Å². The van der Waals surface area contributed by atoms with Crippen molar-refractivity contribution in [3.8, 4) is 0 Å².